The van der Waals surface area contributed by atoms with Crippen LogP contribution in [-0.2, 0) is 24.0 Å². The molecule has 28 heavy (non-hydrogen) atoms. The van der Waals surface area contributed by atoms with Crippen molar-refractivity contribution in [3.05, 3.63) is 44.6 Å². The number of carbonyl (C=O) groups excluding carboxylic acids is 1. The summed E-state index contributed by atoms with van der Waals surface area (Å²) in [5.41, 5.74) is 2.06. The topological polar surface area (TPSA) is 92.7 Å². The number of thiophene rings is 1. The minimum atomic E-state index is -0.216. The summed E-state index contributed by atoms with van der Waals surface area (Å²) in [5.74, 6) is 1.10. The van der Waals surface area contributed by atoms with Gasteiger partial charge in [0.05, 0.1) is 22.6 Å². The van der Waals surface area contributed by atoms with Crippen LogP contribution in [0.25, 0.3) is 10.2 Å². The maximum atomic E-state index is 12.3. The highest BCUT2D eigenvalue weighted by Crippen LogP contribution is 2.26. The Hall–Kier alpha value is -2.13. The van der Waals surface area contributed by atoms with E-state index in [1.165, 1.54) is 28.7 Å². The van der Waals surface area contributed by atoms with Crippen LogP contribution < -0.4 is 10.9 Å². The molecule has 1 amide bonds. The van der Waals surface area contributed by atoms with Crippen LogP contribution in [0, 0.1) is 13.8 Å². The zero-order chi connectivity index (χ0) is 20.3. The average Bonchev–Trinajstić information content (AvgIpc) is 3.19. The molecule has 0 spiro atoms. The van der Waals surface area contributed by atoms with Gasteiger partial charge in [-0.1, -0.05) is 0 Å². The third-order valence-electron chi connectivity index (χ3n) is 4.63. The highest BCUT2D eigenvalue weighted by molar-refractivity contribution is 7.99. The Bertz CT molecular complexity index is 1040. The van der Waals surface area contributed by atoms with Gasteiger partial charge in [-0.2, -0.15) is 5.10 Å². The van der Waals surface area contributed by atoms with Gasteiger partial charge >= 0.3 is 0 Å². The van der Waals surface area contributed by atoms with Crippen molar-refractivity contribution in [2.24, 2.45) is 7.05 Å². The number of nitrogens with zero attached hydrogens (tertiary/aromatic N) is 3. The molecule has 0 radical (unpaired) electrons. The number of amides is 1. The minimum Gasteiger partial charge on any atom is -0.355 e. The molecule has 0 saturated carbocycles. The maximum absolute atomic E-state index is 12.3. The molecule has 0 fully saturated rings. The molecule has 0 aliphatic rings. The molecule has 0 saturated heterocycles. The predicted octanol–water partition coefficient (Wildman–Crippen LogP) is 2.71. The molecule has 3 aromatic heterocycles. The molecule has 0 aliphatic carbocycles. The van der Waals surface area contributed by atoms with Crippen LogP contribution in [0.2, 0.25) is 0 Å². The highest BCUT2D eigenvalue weighted by Gasteiger charge is 2.16. The zero-order valence-corrected chi connectivity index (χ0v) is 18.2. The van der Waals surface area contributed by atoms with E-state index in [0.717, 1.165) is 28.1 Å². The number of hydrogen-bond donors (Lipinski definition) is 2. The van der Waals surface area contributed by atoms with Gasteiger partial charge in [0.1, 0.15) is 10.7 Å². The van der Waals surface area contributed by atoms with E-state index in [0.29, 0.717) is 23.5 Å². The van der Waals surface area contributed by atoms with E-state index in [9.17, 15) is 9.59 Å². The van der Waals surface area contributed by atoms with Gasteiger partial charge in [-0.3, -0.25) is 14.3 Å². The Morgan fingerprint density at radius 3 is 2.93 bits per heavy atom. The van der Waals surface area contributed by atoms with Crippen LogP contribution in [0.15, 0.2) is 17.2 Å². The standard InChI is InChI=1S/C19H25N5O2S2/c1-11-12(2)28-19-16(11)18(26)22-15(23-19)10-27-13(3)17(25)20-7-5-6-14-8-21-24(4)9-14/h8-9,13H,5-7,10H2,1-4H3,(H,20,25)(H,22,23,26). The van der Waals surface area contributed by atoms with Gasteiger partial charge in [-0.15, -0.1) is 23.1 Å². The number of hydrogen-bond acceptors (Lipinski definition) is 6. The Morgan fingerprint density at radius 1 is 1.43 bits per heavy atom. The number of fused-ring (bicyclic) bond motifs is 1. The smallest absolute Gasteiger partial charge is 0.259 e. The van der Waals surface area contributed by atoms with Gasteiger partial charge in [0.15, 0.2) is 0 Å². The van der Waals surface area contributed by atoms with Crippen LogP contribution in [0.1, 0.15) is 35.2 Å². The third-order valence-corrected chi connectivity index (χ3v) is 6.88. The third kappa shape index (κ3) is 4.82. The molecule has 1 atom stereocenters. The SMILES string of the molecule is Cc1sc2nc(CSC(C)C(=O)NCCCc3cnn(C)c3)[nH]c(=O)c2c1C. The first-order chi connectivity index (χ1) is 13.3. The molecule has 2 N–H and O–H groups in total. The molecule has 7 nitrogen and oxygen atoms in total. The Kier molecular flexibility index (Phi) is 6.56. The highest BCUT2D eigenvalue weighted by atomic mass is 32.2. The first-order valence-corrected chi connectivity index (χ1v) is 11.1. The molecular formula is C19H25N5O2S2. The summed E-state index contributed by atoms with van der Waals surface area (Å²) in [5, 5.41) is 7.57. The lowest BCUT2D eigenvalue weighted by molar-refractivity contribution is -0.120. The summed E-state index contributed by atoms with van der Waals surface area (Å²) in [6.07, 6.45) is 5.60. The second-order valence-corrected chi connectivity index (χ2v) is 9.38. The number of nitrogens with one attached hydrogen (secondary N) is 2. The van der Waals surface area contributed by atoms with Crippen molar-refractivity contribution in [2.75, 3.05) is 6.54 Å². The fraction of sp³-hybridized carbons (Fsp3) is 0.474. The van der Waals surface area contributed by atoms with E-state index >= 15 is 0 Å². The number of H-pyrrole nitrogens is 1. The lowest BCUT2D eigenvalue weighted by Gasteiger charge is -2.11. The van der Waals surface area contributed by atoms with Crippen molar-refractivity contribution in [1.82, 2.24) is 25.1 Å². The van der Waals surface area contributed by atoms with Crippen LogP contribution in [0.5, 0.6) is 0 Å². The number of aromatic amines is 1. The van der Waals surface area contributed by atoms with Gasteiger partial charge in [-0.25, -0.2) is 4.98 Å². The van der Waals surface area contributed by atoms with Gasteiger partial charge in [-0.05, 0) is 44.7 Å². The van der Waals surface area contributed by atoms with Gasteiger partial charge in [0.25, 0.3) is 5.56 Å². The fourth-order valence-electron chi connectivity index (χ4n) is 2.90. The van der Waals surface area contributed by atoms with E-state index in [-0.39, 0.29) is 16.7 Å². The Morgan fingerprint density at radius 2 is 2.21 bits per heavy atom. The predicted molar refractivity (Wildman–Crippen MR) is 115 cm³/mol. The molecular weight excluding hydrogens is 394 g/mol. The molecule has 9 heteroatoms. The number of rotatable bonds is 8. The summed E-state index contributed by atoms with van der Waals surface area (Å²) in [7, 11) is 1.89. The van der Waals surface area contributed by atoms with Gasteiger partial charge in [0, 0.05) is 24.7 Å². The summed E-state index contributed by atoms with van der Waals surface area (Å²) < 4.78 is 1.78. The quantitative estimate of drug-likeness (QED) is 0.548. The maximum Gasteiger partial charge on any atom is 0.259 e. The minimum absolute atomic E-state index is 0.00224. The number of aryl methyl sites for hydroxylation is 4. The second kappa shape index (κ2) is 8.91. The number of thioether (sulfide) groups is 1. The van der Waals surface area contributed by atoms with Crippen LogP contribution in [0.4, 0.5) is 0 Å². The van der Waals surface area contributed by atoms with Crippen LogP contribution >= 0.6 is 23.1 Å². The zero-order valence-electron chi connectivity index (χ0n) is 16.5. The van der Waals surface area contributed by atoms with Crippen LogP contribution in [0.3, 0.4) is 0 Å². The molecule has 1 unspecified atom stereocenters. The van der Waals surface area contributed by atoms with Crippen molar-refractivity contribution in [3.8, 4) is 0 Å². The van der Waals surface area contributed by atoms with Gasteiger partial charge in [0.2, 0.25) is 5.91 Å². The summed E-state index contributed by atoms with van der Waals surface area (Å²) in [6, 6.07) is 0. The first-order valence-electron chi connectivity index (χ1n) is 9.21. The molecule has 3 heterocycles. The molecule has 0 aromatic carbocycles. The number of aromatic nitrogens is 4. The normalized spacial score (nSPS) is 12.4. The van der Waals surface area contributed by atoms with E-state index < -0.39 is 0 Å². The van der Waals surface area contributed by atoms with Crippen molar-refractivity contribution < 1.29 is 4.79 Å². The Balaban J connectivity index is 1.48. The molecule has 3 rings (SSSR count). The summed E-state index contributed by atoms with van der Waals surface area (Å²) in [4.78, 5) is 33.9. The summed E-state index contributed by atoms with van der Waals surface area (Å²) >= 11 is 3.01. The molecule has 0 bridgehead atoms. The fourth-order valence-corrected chi connectivity index (χ4v) is 4.72. The Labute approximate surface area is 172 Å². The molecule has 3 aromatic rings. The van der Waals surface area contributed by atoms with Crippen molar-refractivity contribution in [2.45, 2.75) is 44.6 Å². The molecule has 150 valence electrons. The lowest BCUT2D eigenvalue weighted by Crippen LogP contribution is -2.32. The lowest BCUT2D eigenvalue weighted by atomic mass is 10.2. The van der Waals surface area contributed by atoms with E-state index in [4.69, 9.17) is 0 Å². The number of carbonyl (C=O) groups is 1. The van der Waals surface area contributed by atoms with E-state index in [1.807, 2.05) is 40.2 Å². The van der Waals surface area contributed by atoms with Crippen molar-refractivity contribution in [3.63, 3.8) is 0 Å². The van der Waals surface area contributed by atoms with Gasteiger partial charge < -0.3 is 10.3 Å². The van der Waals surface area contributed by atoms with Crippen molar-refractivity contribution in [1.29, 1.82) is 0 Å². The van der Waals surface area contributed by atoms with E-state index in [2.05, 4.69) is 20.4 Å². The van der Waals surface area contributed by atoms with Crippen molar-refractivity contribution >= 4 is 39.2 Å². The van der Waals surface area contributed by atoms with Crippen LogP contribution in [-0.4, -0.2) is 37.5 Å². The first kappa shape index (κ1) is 20.6. The van der Waals surface area contributed by atoms with E-state index in [1.54, 1.807) is 4.68 Å². The monoisotopic (exact) mass is 419 g/mol. The second-order valence-electron chi connectivity index (χ2n) is 6.85. The molecule has 0 aliphatic heterocycles. The largest absolute Gasteiger partial charge is 0.355 e. The summed E-state index contributed by atoms with van der Waals surface area (Å²) in [6.45, 7) is 6.45. The average molecular weight is 420 g/mol.